The summed E-state index contributed by atoms with van der Waals surface area (Å²) in [6.07, 6.45) is -12.9. The summed E-state index contributed by atoms with van der Waals surface area (Å²) in [5, 5.41) is 0. The molecule has 0 spiro atoms. The summed E-state index contributed by atoms with van der Waals surface area (Å²) in [5.41, 5.74) is 0. The molecular formula is C44H108N6O19P4. The highest BCUT2D eigenvalue weighted by Crippen LogP contribution is 2.44. The monoisotopic (exact) mass is 1150 g/mol. The lowest BCUT2D eigenvalue weighted by Crippen LogP contribution is -3.11. The van der Waals surface area contributed by atoms with Crippen molar-refractivity contribution in [3.05, 3.63) is 0 Å². The number of rotatable bonds is 31. The number of hydrogen-bond acceptors (Lipinski definition) is 17. The van der Waals surface area contributed by atoms with E-state index in [0.29, 0.717) is 14.0 Å². The van der Waals surface area contributed by atoms with E-state index in [4.69, 9.17) is 9.79 Å². The van der Waals surface area contributed by atoms with E-state index in [-0.39, 0.29) is 0 Å². The fourth-order valence-corrected chi connectivity index (χ4v) is 8.49. The molecule has 0 aliphatic heterocycles. The Labute approximate surface area is 441 Å². The molecule has 0 fully saturated rings. The number of phosphoric acid groups is 4. The Morgan fingerprint density at radius 2 is 0.562 bits per heavy atom. The third-order valence-electron chi connectivity index (χ3n) is 11.7. The predicted molar refractivity (Wildman–Crippen MR) is 273 cm³/mol. The Kier molecular flexibility index (Phi) is 61.5. The molecule has 0 bridgehead atoms. The summed E-state index contributed by atoms with van der Waals surface area (Å²) in [6, 6.07) is 0. The first-order valence-electron chi connectivity index (χ1n) is 26.1. The van der Waals surface area contributed by atoms with Gasteiger partial charge in [0, 0.05) is 0 Å². The van der Waals surface area contributed by atoms with E-state index in [2.05, 4.69) is 147 Å². The van der Waals surface area contributed by atoms with Gasteiger partial charge in [-0.25, -0.2) is 4.79 Å². The fourth-order valence-electron chi connectivity index (χ4n) is 6.38. The number of phosphoric ester groups is 4. The van der Waals surface area contributed by atoms with E-state index < -0.39 is 67.5 Å². The molecule has 0 aliphatic rings. The lowest BCUT2D eigenvalue weighted by atomic mass is 10.0. The smallest absolute Gasteiger partial charge is 0.338 e. The van der Waals surface area contributed by atoms with E-state index in [1.54, 1.807) is 29.4 Å². The Bertz CT molecular complexity index is 1310. The zero-order valence-corrected chi connectivity index (χ0v) is 52.2. The highest BCUT2D eigenvalue weighted by atomic mass is 31.2. The molecule has 25 nitrogen and oxygen atoms in total. The number of nitrogens with one attached hydrogen (secondary N) is 6. The molecule has 0 aliphatic carbocycles. The summed E-state index contributed by atoms with van der Waals surface area (Å²) in [6.45, 7) is 63.3. The largest absolute Gasteiger partial charge is 0.790 e. The average molecular weight is 1150 g/mol. The van der Waals surface area contributed by atoms with Gasteiger partial charge in [0.15, 0.2) is 18.0 Å². The first kappa shape index (κ1) is 86.2. The van der Waals surface area contributed by atoms with Gasteiger partial charge < -0.3 is 101 Å². The van der Waals surface area contributed by atoms with E-state index >= 15 is 0 Å². The topological polar surface area (TPSA) is 354 Å². The molecule has 0 aromatic carbocycles. The van der Waals surface area contributed by atoms with Gasteiger partial charge in [0.05, 0.1) is 141 Å². The van der Waals surface area contributed by atoms with Crippen LogP contribution in [0.2, 0.25) is 0 Å². The first-order valence-corrected chi connectivity index (χ1v) is 32.0. The quantitative estimate of drug-likeness (QED) is 0.0236. The van der Waals surface area contributed by atoms with Crippen LogP contribution in [0.4, 0.5) is 0 Å². The van der Waals surface area contributed by atoms with Crippen molar-refractivity contribution < 1.29 is 119 Å². The Balaban J connectivity index is -0.000000166. The number of Topliss-reactive ketones (excluding diaryl/α,β-unsaturated/α-hetero) is 1. The van der Waals surface area contributed by atoms with Crippen molar-refractivity contribution in [3.63, 3.8) is 0 Å². The van der Waals surface area contributed by atoms with Crippen LogP contribution in [-0.2, 0) is 50.7 Å². The molecule has 0 amide bonds. The molecule has 0 saturated carbocycles. The summed E-state index contributed by atoms with van der Waals surface area (Å²) >= 11 is 0. The molecule has 0 aromatic rings. The normalized spacial score (nSPS) is 14.7. The summed E-state index contributed by atoms with van der Waals surface area (Å²) in [4.78, 5) is 117. The average Bonchev–Trinajstić information content (AvgIpc) is 3.32. The van der Waals surface area contributed by atoms with Crippen LogP contribution in [0, 0.1) is 0 Å². The maximum absolute atomic E-state index is 11.8. The zero-order valence-electron chi connectivity index (χ0n) is 48.7. The zero-order chi connectivity index (χ0) is 59.2. The third-order valence-corrected chi connectivity index (χ3v) is 13.7. The van der Waals surface area contributed by atoms with Crippen molar-refractivity contribution >= 4 is 43.0 Å². The Morgan fingerprint density at radius 1 is 0.370 bits per heavy atom. The molecule has 448 valence electrons. The second-order valence-corrected chi connectivity index (χ2v) is 20.5. The van der Waals surface area contributed by atoms with Gasteiger partial charge in [-0.1, -0.05) is 0 Å². The van der Waals surface area contributed by atoms with E-state index in [9.17, 15) is 57.2 Å². The molecule has 0 rings (SSSR count). The van der Waals surface area contributed by atoms with Gasteiger partial charge in [-0.2, -0.15) is 0 Å². The molecule has 73 heavy (non-hydrogen) atoms. The number of hydrogen-bond donors (Lipinski definition) is 8. The first-order chi connectivity index (χ1) is 33.6. The van der Waals surface area contributed by atoms with Gasteiger partial charge in [-0.3, -0.25) is 13.9 Å². The van der Waals surface area contributed by atoms with Crippen molar-refractivity contribution in [2.24, 2.45) is 0 Å². The van der Waals surface area contributed by atoms with Crippen molar-refractivity contribution in [1.29, 1.82) is 0 Å². The van der Waals surface area contributed by atoms with Crippen LogP contribution in [0.25, 0.3) is 0 Å². The summed E-state index contributed by atoms with van der Waals surface area (Å²) in [5.74, 6) is -3.71. The van der Waals surface area contributed by atoms with E-state index in [1.165, 1.54) is 118 Å². The minimum atomic E-state index is -6.44. The molecule has 0 radical (unpaired) electrons. The van der Waals surface area contributed by atoms with Crippen LogP contribution in [-0.4, -0.2) is 171 Å². The van der Waals surface area contributed by atoms with Gasteiger partial charge in [-0.05, 0) is 132 Å². The van der Waals surface area contributed by atoms with Gasteiger partial charge in [0.2, 0.25) is 0 Å². The second kappa shape index (κ2) is 52.1. The number of carbonyl (C=O) groups is 2. The maximum atomic E-state index is 11.8. The standard InChI is InChI=1S/C8H18O19P4.6C6H15N/c1-3(9)4(24-28(11,12)13)5(25-29(14,15)16)6(26-30(17,18)19)7(8(10)23-2)27-31(20,21)22;6*1-4-7(5-2)6-3/h4-7H,1-2H3,(H2,11,12,13)(H2,14,15,16)(H2,17,18,19)(H2,20,21,22);6*4-6H2,1-3H3/t4-,5+,6+,7-;;;;;;/m0....../s1. The van der Waals surface area contributed by atoms with Gasteiger partial charge in [0.25, 0.3) is 15.6 Å². The lowest BCUT2D eigenvalue weighted by molar-refractivity contribution is -0.894. The highest BCUT2D eigenvalue weighted by Gasteiger charge is 2.47. The van der Waals surface area contributed by atoms with Crippen molar-refractivity contribution in [2.45, 2.75) is 156 Å². The number of ether oxygens (including phenoxy) is 1. The fraction of sp³-hybridized carbons (Fsp3) is 0.955. The molecule has 6 atom stereocenters. The molecule has 2 unspecified atom stereocenters. The number of esters is 1. The van der Waals surface area contributed by atoms with Crippen molar-refractivity contribution in [2.75, 3.05) is 125 Å². The molecule has 29 heteroatoms. The van der Waals surface area contributed by atoms with Crippen LogP contribution < -0.4 is 58.8 Å². The van der Waals surface area contributed by atoms with E-state index in [0.717, 1.165) is 0 Å². The van der Waals surface area contributed by atoms with Crippen LogP contribution in [0.1, 0.15) is 132 Å². The number of methoxy groups -OCH3 is 1. The predicted octanol–water partition coefficient (Wildman–Crippen LogP) is -6.55. The minimum absolute atomic E-state index is 0.398. The van der Waals surface area contributed by atoms with Crippen molar-refractivity contribution in [1.82, 2.24) is 0 Å². The summed E-state index contributed by atoms with van der Waals surface area (Å²) in [7, 11) is -24.5. The number of carbonyl (C=O) groups excluding carboxylic acids is 2. The number of ketones is 1. The Morgan fingerprint density at radius 3 is 0.685 bits per heavy atom. The van der Waals surface area contributed by atoms with Crippen molar-refractivity contribution in [3.8, 4) is 0 Å². The molecular weight excluding hydrogens is 1040 g/mol. The highest BCUT2D eigenvalue weighted by molar-refractivity contribution is 7.45. The molecule has 8 N–H and O–H groups in total. The second-order valence-electron chi connectivity index (χ2n) is 16.0. The van der Waals surface area contributed by atoms with Crippen LogP contribution in [0.15, 0.2) is 0 Å². The van der Waals surface area contributed by atoms with Crippen LogP contribution >= 0.6 is 31.3 Å². The SMILES string of the molecule is CC[NH+](CC)CC.CC[NH+](CC)CC.CC[NH+](CC)CC.CC[NH+](CC)CC.CC[NH+](CC)CC.CC[NH+](CC)CC.COC(=O)[C@@H](OP(=O)([O-])[O-])[C@H](OP(=O)([O-])[O-])[C@H](OP(=O)([O-])O)[C@@H](OP(=O)([O-])O)C(C)=O. The Hall–Kier alpha value is -0.660. The lowest BCUT2D eigenvalue weighted by Gasteiger charge is -2.44. The van der Waals surface area contributed by atoms with Gasteiger partial charge in [-0.15, -0.1) is 0 Å². The van der Waals surface area contributed by atoms with Crippen LogP contribution in [0.5, 0.6) is 0 Å². The molecule has 0 saturated heterocycles. The van der Waals surface area contributed by atoms with Gasteiger partial charge in [0.1, 0.15) is 12.2 Å². The summed E-state index contributed by atoms with van der Waals surface area (Å²) < 4.78 is 63.0. The van der Waals surface area contributed by atoms with Gasteiger partial charge >= 0.3 is 5.97 Å². The van der Waals surface area contributed by atoms with Crippen LogP contribution in [0.3, 0.4) is 0 Å². The molecule has 0 heterocycles. The van der Waals surface area contributed by atoms with E-state index in [1.807, 2.05) is 0 Å². The third kappa shape index (κ3) is 57.3. The maximum Gasteiger partial charge on any atom is 0.338 e. The molecule has 0 aromatic heterocycles. The number of quaternary nitrogens is 6. The minimum Gasteiger partial charge on any atom is -0.790 e.